The number of halogens is 1. The van der Waals surface area contributed by atoms with Gasteiger partial charge in [-0.1, -0.05) is 59.6 Å². The van der Waals surface area contributed by atoms with Crippen LogP contribution in [0.5, 0.6) is 0 Å². The largest absolute Gasteiger partial charge is 0.306 e. The molecular formula is C29H27ClN4O. The first-order valence-electron chi connectivity index (χ1n) is 12.0. The zero-order valence-electron chi connectivity index (χ0n) is 19.9. The maximum absolute atomic E-state index is 14.4. The number of aryl methyl sites for hydroxylation is 1. The van der Waals surface area contributed by atoms with Crippen LogP contribution in [0.25, 0.3) is 16.9 Å². The summed E-state index contributed by atoms with van der Waals surface area (Å²) in [5.74, 6) is 0.315. The van der Waals surface area contributed by atoms with Crippen molar-refractivity contribution in [3.8, 4) is 16.9 Å². The van der Waals surface area contributed by atoms with E-state index in [9.17, 15) is 4.79 Å². The molecule has 2 atom stereocenters. The summed E-state index contributed by atoms with van der Waals surface area (Å²) in [6, 6.07) is 24.1. The van der Waals surface area contributed by atoms with Crippen LogP contribution in [-0.2, 0) is 0 Å². The number of aromatic nitrogens is 2. The molecular weight excluding hydrogens is 456 g/mol. The Morgan fingerprint density at radius 1 is 1.03 bits per heavy atom. The summed E-state index contributed by atoms with van der Waals surface area (Å²) in [4.78, 5) is 18.8. The molecule has 1 fully saturated rings. The molecule has 0 N–H and O–H groups in total. The fourth-order valence-electron chi connectivity index (χ4n) is 5.54. The van der Waals surface area contributed by atoms with Gasteiger partial charge < -0.3 is 9.80 Å². The maximum Gasteiger partial charge on any atom is 0.262 e. The minimum Gasteiger partial charge on any atom is -0.306 e. The van der Waals surface area contributed by atoms with Crippen molar-refractivity contribution >= 4 is 23.2 Å². The quantitative estimate of drug-likeness (QED) is 0.362. The van der Waals surface area contributed by atoms with Crippen LogP contribution < -0.4 is 4.90 Å². The van der Waals surface area contributed by atoms with E-state index in [0.717, 1.165) is 36.4 Å². The van der Waals surface area contributed by atoms with E-state index in [1.54, 1.807) is 4.68 Å². The Morgan fingerprint density at radius 3 is 2.57 bits per heavy atom. The van der Waals surface area contributed by atoms with Gasteiger partial charge in [0.1, 0.15) is 5.69 Å². The van der Waals surface area contributed by atoms with Crippen molar-refractivity contribution in [2.24, 2.45) is 0 Å². The number of benzene rings is 3. The number of fused-ring (bicyclic) bond motifs is 3. The van der Waals surface area contributed by atoms with Gasteiger partial charge in [-0.15, -0.1) is 0 Å². The van der Waals surface area contributed by atoms with E-state index < -0.39 is 0 Å². The monoisotopic (exact) mass is 482 g/mol. The SMILES string of the molecule is Cc1ccc2c(c1)[C@@H]1CN(C)CC[C@H]1N2C(=O)c1cn(-c2ccccc2)nc1-c1ccc(Cl)cc1. The predicted octanol–water partition coefficient (Wildman–Crippen LogP) is 5.95. The second-order valence-corrected chi connectivity index (χ2v) is 10.1. The topological polar surface area (TPSA) is 41.4 Å². The Morgan fingerprint density at radius 2 is 1.80 bits per heavy atom. The molecule has 176 valence electrons. The number of piperidine rings is 1. The van der Waals surface area contributed by atoms with E-state index in [0.29, 0.717) is 22.2 Å². The molecule has 1 aromatic heterocycles. The van der Waals surface area contributed by atoms with E-state index in [1.165, 1.54) is 11.1 Å². The molecule has 0 radical (unpaired) electrons. The lowest BCUT2D eigenvalue weighted by Gasteiger charge is -2.36. The summed E-state index contributed by atoms with van der Waals surface area (Å²) in [7, 11) is 2.17. The minimum absolute atomic E-state index is 0.000660. The number of hydrogen-bond acceptors (Lipinski definition) is 3. The Labute approximate surface area is 210 Å². The van der Waals surface area contributed by atoms with Crippen LogP contribution in [0, 0.1) is 6.92 Å². The first-order valence-corrected chi connectivity index (χ1v) is 12.4. The van der Waals surface area contributed by atoms with Gasteiger partial charge in [0.05, 0.1) is 11.3 Å². The highest BCUT2D eigenvalue weighted by Gasteiger charge is 2.44. The summed E-state index contributed by atoms with van der Waals surface area (Å²) in [5.41, 5.74) is 6.58. The van der Waals surface area contributed by atoms with E-state index in [-0.39, 0.29) is 11.9 Å². The van der Waals surface area contributed by atoms with Gasteiger partial charge in [-0.3, -0.25) is 4.79 Å². The van der Waals surface area contributed by atoms with E-state index in [2.05, 4.69) is 37.1 Å². The number of hydrogen-bond donors (Lipinski definition) is 0. The number of para-hydroxylation sites is 1. The number of anilines is 1. The Balaban J connectivity index is 1.48. The van der Waals surface area contributed by atoms with Crippen molar-refractivity contribution in [2.75, 3.05) is 25.0 Å². The van der Waals surface area contributed by atoms with Crippen LogP contribution in [0.4, 0.5) is 5.69 Å². The van der Waals surface area contributed by atoms with Crippen molar-refractivity contribution < 1.29 is 4.79 Å². The summed E-state index contributed by atoms with van der Waals surface area (Å²) < 4.78 is 1.80. The van der Waals surface area contributed by atoms with Crippen molar-refractivity contribution in [3.05, 3.63) is 101 Å². The summed E-state index contributed by atoms with van der Waals surface area (Å²) in [6.07, 6.45) is 2.82. The number of nitrogens with zero attached hydrogens (tertiary/aromatic N) is 4. The second kappa shape index (κ2) is 8.67. The van der Waals surface area contributed by atoms with Gasteiger partial charge in [0, 0.05) is 41.0 Å². The molecule has 0 bridgehead atoms. The lowest BCUT2D eigenvalue weighted by Crippen LogP contribution is -2.47. The number of amides is 1. The Kier molecular flexibility index (Phi) is 5.47. The molecule has 1 saturated heterocycles. The number of rotatable bonds is 3. The van der Waals surface area contributed by atoms with Gasteiger partial charge in [-0.25, -0.2) is 4.68 Å². The lowest BCUT2D eigenvalue weighted by molar-refractivity contribution is 0.0965. The van der Waals surface area contributed by atoms with Gasteiger partial charge in [0.2, 0.25) is 0 Å². The smallest absolute Gasteiger partial charge is 0.262 e. The van der Waals surface area contributed by atoms with Gasteiger partial charge >= 0.3 is 0 Å². The van der Waals surface area contributed by atoms with E-state index in [1.807, 2.05) is 65.7 Å². The molecule has 6 rings (SSSR count). The minimum atomic E-state index is -0.000660. The summed E-state index contributed by atoms with van der Waals surface area (Å²) in [5, 5.41) is 5.53. The van der Waals surface area contributed by atoms with Gasteiger partial charge in [-0.2, -0.15) is 5.10 Å². The number of carbonyl (C=O) groups excluding carboxylic acids is 1. The average Bonchev–Trinajstić information content (AvgIpc) is 3.44. The first-order chi connectivity index (χ1) is 17.0. The zero-order chi connectivity index (χ0) is 24.1. The number of likely N-dealkylation sites (tertiary alicyclic amines) is 1. The highest BCUT2D eigenvalue weighted by atomic mass is 35.5. The van der Waals surface area contributed by atoms with E-state index in [4.69, 9.17) is 16.7 Å². The fourth-order valence-corrected chi connectivity index (χ4v) is 5.67. The predicted molar refractivity (Wildman–Crippen MR) is 141 cm³/mol. The van der Waals surface area contributed by atoms with Crippen LogP contribution in [0.2, 0.25) is 5.02 Å². The third-order valence-corrected chi connectivity index (χ3v) is 7.51. The van der Waals surface area contributed by atoms with Crippen LogP contribution >= 0.6 is 11.6 Å². The maximum atomic E-state index is 14.4. The third-order valence-electron chi connectivity index (χ3n) is 7.25. The molecule has 4 aromatic rings. The average molecular weight is 483 g/mol. The van der Waals surface area contributed by atoms with Gasteiger partial charge in [0.25, 0.3) is 5.91 Å². The molecule has 0 saturated carbocycles. The molecule has 1 amide bonds. The highest BCUT2D eigenvalue weighted by Crippen LogP contribution is 2.46. The fraction of sp³-hybridized carbons (Fsp3) is 0.241. The molecule has 2 aliphatic heterocycles. The lowest BCUT2D eigenvalue weighted by atomic mass is 9.88. The molecule has 35 heavy (non-hydrogen) atoms. The summed E-state index contributed by atoms with van der Waals surface area (Å²) in [6.45, 7) is 4.05. The van der Waals surface area contributed by atoms with Crippen molar-refractivity contribution in [1.82, 2.24) is 14.7 Å². The van der Waals surface area contributed by atoms with Crippen molar-refractivity contribution in [3.63, 3.8) is 0 Å². The van der Waals surface area contributed by atoms with Crippen LogP contribution in [0.3, 0.4) is 0 Å². The van der Waals surface area contributed by atoms with Crippen molar-refractivity contribution in [2.45, 2.75) is 25.3 Å². The molecule has 0 spiro atoms. The van der Waals surface area contributed by atoms with Gasteiger partial charge in [-0.05, 0) is 62.8 Å². The first kappa shape index (κ1) is 22.1. The number of likely N-dealkylation sites (N-methyl/N-ethyl adjacent to an activating group) is 1. The molecule has 5 nitrogen and oxygen atoms in total. The molecule has 2 aliphatic rings. The summed E-state index contributed by atoms with van der Waals surface area (Å²) >= 11 is 6.16. The normalized spacial score (nSPS) is 19.5. The molecule has 0 aliphatic carbocycles. The Hall–Kier alpha value is -3.41. The number of carbonyl (C=O) groups is 1. The Bertz CT molecular complexity index is 1400. The third kappa shape index (κ3) is 3.85. The van der Waals surface area contributed by atoms with Crippen molar-refractivity contribution in [1.29, 1.82) is 0 Å². The zero-order valence-corrected chi connectivity index (χ0v) is 20.6. The van der Waals surface area contributed by atoms with Crippen LogP contribution in [0.15, 0.2) is 79.0 Å². The van der Waals surface area contributed by atoms with Crippen LogP contribution in [-0.4, -0.2) is 46.8 Å². The second-order valence-electron chi connectivity index (χ2n) is 9.64. The molecule has 3 aromatic carbocycles. The van der Waals surface area contributed by atoms with Crippen LogP contribution in [0.1, 0.15) is 33.8 Å². The molecule has 0 unspecified atom stereocenters. The molecule has 6 heteroatoms. The highest BCUT2D eigenvalue weighted by molar-refractivity contribution is 6.30. The van der Waals surface area contributed by atoms with E-state index >= 15 is 0 Å². The standard InChI is InChI=1S/C29H27ClN4O/c1-19-8-13-26-23(16-19)24-17-32(2)15-14-27(24)34(26)29(35)25-18-33(22-6-4-3-5-7-22)31-28(25)20-9-11-21(30)12-10-20/h3-13,16,18,24,27H,14-15,17H2,1-2H3/t24-,27+/m0/s1. The van der Waals surface area contributed by atoms with Gasteiger partial charge in [0.15, 0.2) is 0 Å². The molecule has 3 heterocycles.